The summed E-state index contributed by atoms with van der Waals surface area (Å²) in [6.07, 6.45) is 0. The van der Waals surface area contributed by atoms with Gasteiger partial charge < -0.3 is 0 Å². The number of nitrogens with zero attached hydrogens (tertiary/aromatic N) is 1. The average molecular weight is 518 g/mol. The first-order valence-electron chi connectivity index (χ1n) is 8.92. The fourth-order valence-corrected chi connectivity index (χ4v) is 5.49. The van der Waals surface area contributed by atoms with E-state index in [4.69, 9.17) is 0 Å². The molecule has 1 aliphatic heterocycles. The second-order valence-electron chi connectivity index (χ2n) is 7.07. The van der Waals surface area contributed by atoms with Crippen LogP contribution in [0.2, 0.25) is 0 Å². The number of benzene rings is 3. The first kappa shape index (κ1) is 21.9. The van der Waals surface area contributed by atoms with E-state index in [0.29, 0.717) is 10.0 Å². The Kier molecular flexibility index (Phi) is 5.43. The minimum absolute atomic E-state index is 0.161. The highest BCUT2D eigenvalue weighted by Gasteiger charge is 2.59. The van der Waals surface area contributed by atoms with Gasteiger partial charge in [-0.15, -0.1) is 0 Å². The van der Waals surface area contributed by atoms with E-state index in [-0.39, 0.29) is 4.90 Å². The molecule has 0 N–H and O–H groups in total. The van der Waals surface area contributed by atoms with Crippen molar-refractivity contribution < 1.29 is 30.4 Å². The van der Waals surface area contributed by atoms with Crippen LogP contribution >= 0.6 is 15.9 Å². The summed E-state index contributed by atoms with van der Waals surface area (Å²) in [7, 11) is -4.31. The first-order chi connectivity index (χ1) is 14.6. The molecule has 3 nitrogen and oxygen atoms in total. The van der Waals surface area contributed by atoms with Crippen molar-refractivity contribution in [3.05, 3.63) is 98.8 Å². The molecule has 0 spiro atoms. The molecule has 3 unspecified atom stereocenters. The van der Waals surface area contributed by atoms with Crippen LogP contribution in [0.4, 0.5) is 22.0 Å². The highest BCUT2D eigenvalue weighted by molar-refractivity contribution is 9.10. The van der Waals surface area contributed by atoms with E-state index < -0.39 is 56.8 Å². The number of aryl methyl sites for hydroxylation is 1. The molecule has 1 aliphatic rings. The third-order valence-electron chi connectivity index (χ3n) is 5.11. The Labute approximate surface area is 183 Å². The number of sulfonamides is 1. The van der Waals surface area contributed by atoms with Gasteiger partial charge in [0.2, 0.25) is 15.8 Å². The third kappa shape index (κ3) is 3.56. The largest absolute Gasteiger partial charge is 0.244 e. The van der Waals surface area contributed by atoms with E-state index in [1.54, 1.807) is 31.2 Å². The topological polar surface area (TPSA) is 37.1 Å². The smallest absolute Gasteiger partial charge is 0.207 e. The molecular weight excluding hydrogens is 505 g/mol. The van der Waals surface area contributed by atoms with Crippen molar-refractivity contribution in [2.24, 2.45) is 0 Å². The lowest BCUT2D eigenvalue weighted by atomic mass is 10.0. The van der Waals surface area contributed by atoms with Crippen LogP contribution in [0.1, 0.15) is 28.8 Å². The minimum Gasteiger partial charge on any atom is -0.207 e. The molecule has 0 saturated carbocycles. The molecule has 10 heteroatoms. The zero-order chi connectivity index (χ0) is 22.7. The standard InChI is InChI=1S/C21H13BrF5NO2S/c1-10-2-8-13(9-3-10)31(29,30)28-20(11-4-6-12(22)7-5-11)21(28)14-15(23)17(25)19(27)18(26)16(14)24/h2-9,20-21H,1H3. The summed E-state index contributed by atoms with van der Waals surface area (Å²) in [5.41, 5.74) is -0.0571. The maximum Gasteiger partial charge on any atom is 0.244 e. The first-order valence-corrected chi connectivity index (χ1v) is 11.2. The van der Waals surface area contributed by atoms with Gasteiger partial charge in [0.05, 0.1) is 22.5 Å². The van der Waals surface area contributed by atoms with Crippen LogP contribution in [0.25, 0.3) is 0 Å². The summed E-state index contributed by atoms with van der Waals surface area (Å²) in [6.45, 7) is 1.75. The van der Waals surface area contributed by atoms with Crippen LogP contribution in [-0.2, 0) is 10.0 Å². The van der Waals surface area contributed by atoms with Gasteiger partial charge in [-0.1, -0.05) is 45.8 Å². The van der Waals surface area contributed by atoms with Crippen molar-refractivity contribution in [3.63, 3.8) is 0 Å². The Hall–Kier alpha value is -2.30. The van der Waals surface area contributed by atoms with Gasteiger partial charge in [0, 0.05) is 4.47 Å². The van der Waals surface area contributed by atoms with Crippen LogP contribution in [0.5, 0.6) is 0 Å². The third-order valence-corrected chi connectivity index (χ3v) is 7.51. The second-order valence-corrected chi connectivity index (χ2v) is 9.83. The molecular formula is C21H13BrF5NO2S. The summed E-state index contributed by atoms with van der Waals surface area (Å²) < 4.78 is 98.0. The second kappa shape index (κ2) is 7.68. The summed E-state index contributed by atoms with van der Waals surface area (Å²) in [5, 5.41) is 0. The predicted octanol–water partition coefficient (Wildman–Crippen LogP) is 5.94. The van der Waals surface area contributed by atoms with E-state index in [0.717, 1.165) is 9.87 Å². The van der Waals surface area contributed by atoms with Gasteiger partial charge in [-0.25, -0.2) is 30.4 Å². The van der Waals surface area contributed by atoms with Gasteiger partial charge in [-0.3, -0.25) is 0 Å². The predicted molar refractivity (Wildman–Crippen MR) is 106 cm³/mol. The van der Waals surface area contributed by atoms with Crippen molar-refractivity contribution in [1.29, 1.82) is 0 Å². The maximum atomic E-state index is 14.5. The molecule has 0 radical (unpaired) electrons. The van der Waals surface area contributed by atoms with Gasteiger partial charge in [0.15, 0.2) is 23.3 Å². The Bertz CT molecular complexity index is 1250. The van der Waals surface area contributed by atoms with Gasteiger partial charge in [-0.2, -0.15) is 4.31 Å². The van der Waals surface area contributed by atoms with Crippen LogP contribution in [-0.4, -0.2) is 12.7 Å². The maximum absolute atomic E-state index is 14.5. The van der Waals surface area contributed by atoms with Crippen molar-refractivity contribution >= 4 is 26.0 Å². The molecule has 1 heterocycles. The lowest BCUT2D eigenvalue weighted by Crippen LogP contribution is -2.15. The molecule has 0 aliphatic carbocycles. The van der Waals surface area contributed by atoms with E-state index in [1.165, 1.54) is 24.3 Å². The quantitative estimate of drug-likeness (QED) is 0.186. The highest BCUT2D eigenvalue weighted by atomic mass is 79.9. The zero-order valence-electron chi connectivity index (χ0n) is 15.7. The molecule has 162 valence electrons. The lowest BCUT2D eigenvalue weighted by molar-refractivity contribution is 0.368. The Balaban J connectivity index is 1.89. The number of rotatable bonds is 4. The molecule has 3 atom stereocenters. The molecule has 1 saturated heterocycles. The van der Waals surface area contributed by atoms with E-state index in [1.807, 2.05) is 0 Å². The number of hydrogen-bond acceptors (Lipinski definition) is 2. The van der Waals surface area contributed by atoms with Crippen LogP contribution in [0, 0.1) is 36.0 Å². The van der Waals surface area contributed by atoms with Crippen molar-refractivity contribution in [2.75, 3.05) is 0 Å². The number of hydrogen-bond donors (Lipinski definition) is 0. The lowest BCUT2D eigenvalue weighted by Gasteiger charge is -2.09. The minimum atomic E-state index is -4.31. The summed E-state index contributed by atoms with van der Waals surface area (Å²) in [4.78, 5) is -0.161. The van der Waals surface area contributed by atoms with Gasteiger partial charge in [0.1, 0.15) is 0 Å². The van der Waals surface area contributed by atoms with E-state index in [2.05, 4.69) is 15.9 Å². The van der Waals surface area contributed by atoms with Crippen molar-refractivity contribution in [1.82, 2.24) is 4.31 Å². The van der Waals surface area contributed by atoms with Crippen LogP contribution < -0.4 is 0 Å². The van der Waals surface area contributed by atoms with Gasteiger partial charge >= 0.3 is 0 Å². The van der Waals surface area contributed by atoms with Gasteiger partial charge in [0.25, 0.3) is 0 Å². The number of halogens is 6. The normalized spacial score (nSPS) is 20.7. The monoisotopic (exact) mass is 517 g/mol. The molecule has 0 amide bonds. The molecule has 0 bridgehead atoms. The highest BCUT2D eigenvalue weighted by Crippen LogP contribution is 2.59. The molecule has 1 fully saturated rings. The fraction of sp³-hybridized carbons (Fsp3) is 0.143. The van der Waals surface area contributed by atoms with Gasteiger partial charge in [-0.05, 0) is 36.8 Å². The van der Waals surface area contributed by atoms with Crippen LogP contribution in [0.3, 0.4) is 0 Å². The molecule has 31 heavy (non-hydrogen) atoms. The van der Waals surface area contributed by atoms with Crippen molar-refractivity contribution in [3.8, 4) is 0 Å². The summed E-state index contributed by atoms with van der Waals surface area (Å²) in [5.74, 6) is -10.6. The van der Waals surface area contributed by atoms with Crippen LogP contribution in [0.15, 0.2) is 57.9 Å². The summed E-state index contributed by atoms with van der Waals surface area (Å²) in [6, 6.07) is 9.16. The zero-order valence-corrected chi connectivity index (χ0v) is 18.1. The van der Waals surface area contributed by atoms with E-state index >= 15 is 0 Å². The Morgan fingerprint density at radius 2 is 1.23 bits per heavy atom. The van der Waals surface area contributed by atoms with Crippen molar-refractivity contribution in [2.45, 2.75) is 23.9 Å². The molecule has 3 aromatic carbocycles. The average Bonchev–Trinajstić information content (AvgIpc) is 3.48. The Morgan fingerprint density at radius 3 is 1.74 bits per heavy atom. The SMILES string of the molecule is Cc1ccc(S(=O)(=O)N2C(c3ccc(Br)cc3)C2c2c(F)c(F)c(F)c(F)c2F)cc1. The summed E-state index contributed by atoms with van der Waals surface area (Å²) >= 11 is 3.23. The molecule has 3 aromatic rings. The Morgan fingerprint density at radius 1 is 0.742 bits per heavy atom. The fourth-order valence-electron chi connectivity index (χ4n) is 3.50. The molecule has 0 aromatic heterocycles. The molecule has 4 rings (SSSR count). The van der Waals surface area contributed by atoms with E-state index in [9.17, 15) is 30.4 Å².